The van der Waals surface area contributed by atoms with E-state index in [9.17, 15) is 14.0 Å². The summed E-state index contributed by atoms with van der Waals surface area (Å²) >= 11 is 0. The number of methoxy groups -OCH3 is 1. The third-order valence-corrected chi connectivity index (χ3v) is 2.99. The zero-order chi connectivity index (χ0) is 17.4. The molecule has 7 heteroatoms. The summed E-state index contributed by atoms with van der Waals surface area (Å²) in [5.74, 6) is -0.478. The number of esters is 1. The van der Waals surface area contributed by atoms with Crippen LogP contribution in [-0.2, 0) is 4.74 Å². The molecule has 0 unspecified atom stereocenters. The van der Waals surface area contributed by atoms with Crippen LogP contribution in [0.2, 0.25) is 0 Å². The molecular formula is C17H17FN2O4. The van der Waals surface area contributed by atoms with Gasteiger partial charge in [0.15, 0.2) is 0 Å². The molecule has 0 spiro atoms. The van der Waals surface area contributed by atoms with Crippen LogP contribution in [0.1, 0.15) is 10.4 Å². The number of hydrogen-bond acceptors (Lipinski definition) is 4. The molecule has 2 aromatic rings. The Balaban J connectivity index is 1.76. The van der Waals surface area contributed by atoms with E-state index in [0.29, 0.717) is 17.0 Å². The predicted octanol–water partition coefficient (Wildman–Crippen LogP) is 2.81. The number of hydrogen-bond donors (Lipinski definition) is 2. The van der Waals surface area contributed by atoms with E-state index in [1.807, 2.05) is 0 Å². The Bertz CT molecular complexity index is 721. The number of nitrogens with one attached hydrogen (secondary N) is 2. The molecule has 6 nitrogen and oxygen atoms in total. The van der Waals surface area contributed by atoms with E-state index in [1.165, 1.54) is 25.3 Å². The first-order valence-corrected chi connectivity index (χ1v) is 7.20. The standard InChI is InChI=1S/C17H17FN2O4/c1-23-16(21)12-4-2-6-14(10-12)20-17(22)19-8-9-24-15-7-3-5-13(18)11-15/h2-7,10-11H,8-9H2,1H3,(H2,19,20,22). The highest BCUT2D eigenvalue weighted by atomic mass is 19.1. The molecule has 2 rings (SSSR count). The van der Waals surface area contributed by atoms with E-state index in [-0.39, 0.29) is 19.0 Å². The zero-order valence-electron chi connectivity index (χ0n) is 13.0. The number of rotatable bonds is 6. The molecule has 0 saturated carbocycles. The summed E-state index contributed by atoms with van der Waals surface area (Å²) in [5.41, 5.74) is 0.797. The molecule has 0 fully saturated rings. The molecule has 0 aliphatic heterocycles. The van der Waals surface area contributed by atoms with Gasteiger partial charge in [0.1, 0.15) is 18.2 Å². The van der Waals surface area contributed by atoms with Gasteiger partial charge in [0, 0.05) is 11.8 Å². The van der Waals surface area contributed by atoms with Gasteiger partial charge in [0.2, 0.25) is 0 Å². The lowest BCUT2D eigenvalue weighted by Gasteiger charge is -2.09. The largest absolute Gasteiger partial charge is 0.492 e. The quantitative estimate of drug-likeness (QED) is 0.630. The second kappa shape index (κ2) is 8.52. The lowest BCUT2D eigenvalue weighted by Crippen LogP contribution is -2.32. The van der Waals surface area contributed by atoms with Gasteiger partial charge in [-0.15, -0.1) is 0 Å². The van der Waals surface area contributed by atoms with Gasteiger partial charge in [-0.05, 0) is 30.3 Å². The Labute approximate surface area is 138 Å². The van der Waals surface area contributed by atoms with Crippen LogP contribution >= 0.6 is 0 Å². The second-order valence-electron chi connectivity index (χ2n) is 4.76. The van der Waals surface area contributed by atoms with Gasteiger partial charge in [-0.25, -0.2) is 14.0 Å². The van der Waals surface area contributed by atoms with Crippen molar-refractivity contribution in [2.75, 3.05) is 25.6 Å². The highest BCUT2D eigenvalue weighted by molar-refractivity contribution is 5.93. The summed E-state index contributed by atoms with van der Waals surface area (Å²) in [6.07, 6.45) is 0. The fourth-order valence-corrected chi connectivity index (χ4v) is 1.91. The van der Waals surface area contributed by atoms with Gasteiger partial charge >= 0.3 is 12.0 Å². The number of halogens is 1. The number of carbonyl (C=O) groups is 2. The highest BCUT2D eigenvalue weighted by Crippen LogP contribution is 2.12. The number of urea groups is 1. The van der Waals surface area contributed by atoms with E-state index in [2.05, 4.69) is 15.4 Å². The average molecular weight is 332 g/mol. The van der Waals surface area contributed by atoms with Crippen molar-refractivity contribution in [3.8, 4) is 5.75 Å². The van der Waals surface area contributed by atoms with E-state index in [4.69, 9.17) is 4.74 Å². The maximum Gasteiger partial charge on any atom is 0.337 e. The minimum absolute atomic E-state index is 0.194. The van der Waals surface area contributed by atoms with E-state index in [1.54, 1.807) is 30.3 Å². The van der Waals surface area contributed by atoms with Gasteiger partial charge in [-0.2, -0.15) is 0 Å². The summed E-state index contributed by atoms with van der Waals surface area (Å²) in [6.45, 7) is 0.429. The van der Waals surface area contributed by atoms with Crippen molar-refractivity contribution in [1.82, 2.24) is 5.32 Å². The van der Waals surface area contributed by atoms with Crippen molar-refractivity contribution in [3.05, 3.63) is 59.9 Å². The van der Waals surface area contributed by atoms with Crippen molar-refractivity contribution in [2.45, 2.75) is 0 Å². The van der Waals surface area contributed by atoms with Crippen molar-refractivity contribution in [3.63, 3.8) is 0 Å². The molecule has 2 N–H and O–H groups in total. The lowest BCUT2D eigenvalue weighted by molar-refractivity contribution is 0.0600. The van der Waals surface area contributed by atoms with Gasteiger partial charge in [-0.1, -0.05) is 12.1 Å². The van der Waals surface area contributed by atoms with Crippen LogP contribution in [0.4, 0.5) is 14.9 Å². The Morgan fingerprint density at radius 2 is 1.92 bits per heavy atom. The average Bonchev–Trinajstić information content (AvgIpc) is 2.58. The molecular weight excluding hydrogens is 315 g/mol. The molecule has 0 saturated heterocycles. The monoisotopic (exact) mass is 332 g/mol. The number of anilines is 1. The first-order valence-electron chi connectivity index (χ1n) is 7.20. The SMILES string of the molecule is COC(=O)c1cccc(NC(=O)NCCOc2cccc(F)c2)c1. The van der Waals surface area contributed by atoms with Crippen LogP contribution in [0, 0.1) is 5.82 Å². The minimum Gasteiger partial charge on any atom is -0.492 e. The minimum atomic E-state index is -0.484. The molecule has 126 valence electrons. The lowest BCUT2D eigenvalue weighted by atomic mass is 10.2. The summed E-state index contributed by atoms with van der Waals surface area (Å²) < 4.78 is 22.9. The van der Waals surface area contributed by atoms with Gasteiger partial charge < -0.3 is 20.1 Å². The van der Waals surface area contributed by atoms with Gasteiger partial charge in [-0.3, -0.25) is 0 Å². The molecule has 0 atom stereocenters. The topological polar surface area (TPSA) is 76.7 Å². The van der Waals surface area contributed by atoms with Crippen LogP contribution in [0.25, 0.3) is 0 Å². The molecule has 0 aliphatic carbocycles. The van der Waals surface area contributed by atoms with Crippen molar-refractivity contribution >= 4 is 17.7 Å². The Morgan fingerprint density at radius 1 is 1.12 bits per heavy atom. The number of carbonyl (C=O) groups excluding carboxylic acids is 2. The molecule has 2 amide bonds. The maximum absolute atomic E-state index is 13.0. The van der Waals surface area contributed by atoms with Crippen LogP contribution in [-0.4, -0.2) is 32.3 Å². The summed E-state index contributed by atoms with van der Waals surface area (Å²) in [4.78, 5) is 23.2. The first kappa shape index (κ1) is 17.3. The molecule has 2 aromatic carbocycles. The van der Waals surface area contributed by atoms with Crippen LogP contribution in [0.3, 0.4) is 0 Å². The van der Waals surface area contributed by atoms with Crippen molar-refractivity contribution < 1.29 is 23.5 Å². The molecule has 0 bridgehead atoms. The third-order valence-electron chi connectivity index (χ3n) is 2.99. The van der Waals surface area contributed by atoms with Gasteiger partial charge in [0.25, 0.3) is 0 Å². The first-order chi connectivity index (χ1) is 11.6. The number of benzene rings is 2. The van der Waals surface area contributed by atoms with Crippen LogP contribution < -0.4 is 15.4 Å². The van der Waals surface area contributed by atoms with E-state index < -0.39 is 12.0 Å². The predicted molar refractivity (Wildman–Crippen MR) is 86.7 cm³/mol. The summed E-state index contributed by atoms with van der Waals surface area (Å²) in [7, 11) is 1.29. The maximum atomic E-state index is 13.0. The van der Waals surface area contributed by atoms with Crippen molar-refractivity contribution in [1.29, 1.82) is 0 Å². The molecule has 0 aromatic heterocycles. The van der Waals surface area contributed by atoms with Gasteiger partial charge in [0.05, 0.1) is 19.2 Å². The summed E-state index contributed by atoms with van der Waals surface area (Å²) in [6, 6.07) is 11.7. The smallest absolute Gasteiger partial charge is 0.337 e. The molecule has 0 heterocycles. The zero-order valence-corrected chi connectivity index (χ0v) is 13.0. The molecule has 0 radical (unpaired) electrons. The Hall–Kier alpha value is -3.09. The second-order valence-corrected chi connectivity index (χ2v) is 4.76. The third kappa shape index (κ3) is 5.28. The van der Waals surface area contributed by atoms with Crippen LogP contribution in [0.15, 0.2) is 48.5 Å². The highest BCUT2D eigenvalue weighted by Gasteiger charge is 2.07. The Kier molecular flexibility index (Phi) is 6.13. The number of amides is 2. The van der Waals surface area contributed by atoms with E-state index in [0.717, 1.165) is 0 Å². The number of ether oxygens (including phenoxy) is 2. The molecule has 0 aliphatic rings. The van der Waals surface area contributed by atoms with Crippen molar-refractivity contribution in [2.24, 2.45) is 0 Å². The normalized spacial score (nSPS) is 9.92. The fourth-order valence-electron chi connectivity index (χ4n) is 1.91. The summed E-state index contributed by atoms with van der Waals surface area (Å²) in [5, 5.41) is 5.19. The Morgan fingerprint density at radius 3 is 2.67 bits per heavy atom. The molecule has 24 heavy (non-hydrogen) atoms. The van der Waals surface area contributed by atoms with Crippen LogP contribution in [0.5, 0.6) is 5.75 Å². The van der Waals surface area contributed by atoms with E-state index >= 15 is 0 Å². The fraction of sp³-hybridized carbons (Fsp3) is 0.176.